The Morgan fingerprint density at radius 3 is 2.86 bits per heavy atom. The van der Waals surface area contributed by atoms with Gasteiger partial charge in [-0.2, -0.15) is 4.68 Å². The number of aryl methyl sites for hydroxylation is 1. The van der Waals surface area contributed by atoms with Crippen LogP contribution in [0.1, 0.15) is 31.4 Å². The van der Waals surface area contributed by atoms with Crippen LogP contribution < -0.4 is 10.9 Å². The Balaban J connectivity index is 2.13. The van der Waals surface area contributed by atoms with E-state index in [1.165, 1.54) is 0 Å². The number of piperidine rings is 1. The summed E-state index contributed by atoms with van der Waals surface area (Å²) in [6.07, 6.45) is 1.20. The van der Waals surface area contributed by atoms with Crippen LogP contribution in [-0.2, 0) is 16.0 Å². The summed E-state index contributed by atoms with van der Waals surface area (Å²) in [5, 5.41) is 10.6. The number of nitrogens with one attached hydrogen (secondary N) is 1. The lowest BCUT2D eigenvalue weighted by Gasteiger charge is -2.21. The van der Waals surface area contributed by atoms with Crippen LogP contribution in [0.2, 0.25) is 0 Å². The molecule has 2 amide bonds. The summed E-state index contributed by atoms with van der Waals surface area (Å²) in [5.74, 6) is -0.833. The molecule has 3 rings (SSSR count). The van der Waals surface area contributed by atoms with Gasteiger partial charge in [-0.15, -0.1) is 5.10 Å². The number of imide groups is 1. The molecule has 0 saturated carbocycles. The topological polar surface area (TPSA) is 94.0 Å². The molecule has 7 heteroatoms. The quantitative estimate of drug-likeness (QED) is 0.803. The fourth-order valence-electron chi connectivity index (χ4n) is 2.54. The van der Waals surface area contributed by atoms with Crippen molar-refractivity contribution in [2.45, 2.75) is 32.2 Å². The summed E-state index contributed by atoms with van der Waals surface area (Å²) in [7, 11) is 0. The number of amides is 2. The fourth-order valence-corrected chi connectivity index (χ4v) is 2.54. The summed E-state index contributed by atoms with van der Waals surface area (Å²) in [4.78, 5) is 35.6. The highest BCUT2D eigenvalue weighted by Gasteiger charge is 2.30. The standard InChI is InChI=1S/C14H14N4O3/c1-2-8-4-3-5-9-12(8)16-17-18(14(9)21)10-6-7-11(19)15-13(10)20/h3-5,10H,2,6-7H2,1H3,(H,15,19,20). The first-order valence-corrected chi connectivity index (χ1v) is 6.82. The van der Waals surface area contributed by atoms with Crippen molar-refractivity contribution in [2.24, 2.45) is 0 Å². The largest absolute Gasteiger partial charge is 0.295 e. The van der Waals surface area contributed by atoms with Crippen molar-refractivity contribution >= 4 is 22.7 Å². The van der Waals surface area contributed by atoms with Crippen molar-refractivity contribution in [3.05, 3.63) is 34.1 Å². The van der Waals surface area contributed by atoms with Crippen LogP contribution in [-0.4, -0.2) is 26.8 Å². The molecule has 1 aromatic heterocycles. The maximum absolute atomic E-state index is 12.5. The van der Waals surface area contributed by atoms with E-state index in [0.29, 0.717) is 10.9 Å². The van der Waals surface area contributed by atoms with Gasteiger partial charge in [0.25, 0.3) is 11.5 Å². The van der Waals surface area contributed by atoms with E-state index in [0.717, 1.165) is 16.7 Å². The Bertz CT molecular complexity index is 796. The number of nitrogens with zero attached hydrogens (tertiary/aromatic N) is 3. The first kappa shape index (κ1) is 13.4. The molecule has 1 fully saturated rings. The fraction of sp³-hybridized carbons (Fsp3) is 0.357. The first-order valence-electron chi connectivity index (χ1n) is 6.82. The molecular weight excluding hydrogens is 272 g/mol. The molecule has 21 heavy (non-hydrogen) atoms. The average Bonchev–Trinajstić information content (AvgIpc) is 2.48. The Labute approximate surface area is 120 Å². The number of rotatable bonds is 2. The van der Waals surface area contributed by atoms with Crippen LogP contribution in [0.5, 0.6) is 0 Å². The lowest BCUT2D eigenvalue weighted by molar-refractivity contribution is -0.136. The molecule has 0 bridgehead atoms. The molecule has 0 aliphatic carbocycles. The maximum Gasteiger partial charge on any atom is 0.278 e. The van der Waals surface area contributed by atoms with Gasteiger partial charge in [-0.25, -0.2) is 0 Å². The zero-order valence-corrected chi connectivity index (χ0v) is 11.5. The molecule has 1 unspecified atom stereocenters. The molecule has 1 N–H and O–H groups in total. The molecule has 108 valence electrons. The Kier molecular flexibility index (Phi) is 3.25. The third kappa shape index (κ3) is 2.20. The Morgan fingerprint density at radius 1 is 1.33 bits per heavy atom. The predicted octanol–water partition coefficient (Wildman–Crippen LogP) is 0.332. The van der Waals surface area contributed by atoms with Gasteiger partial charge in [-0.1, -0.05) is 24.3 Å². The van der Waals surface area contributed by atoms with Crippen LogP contribution in [0.25, 0.3) is 10.9 Å². The predicted molar refractivity (Wildman–Crippen MR) is 74.6 cm³/mol. The normalized spacial score (nSPS) is 18.8. The molecule has 2 heterocycles. The van der Waals surface area contributed by atoms with Crippen LogP contribution in [0.3, 0.4) is 0 Å². The van der Waals surface area contributed by atoms with Crippen LogP contribution in [0.4, 0.5) is 0 Å². The first-order chi connectivity index (χ1) is 10.1. The summed E-state index contributed by atoms with van der Waals surface area (Å²) < 4.78 is 1.07. The van der Waals surface area contributed by atoms with Crippen LogP contribution >= 0.6 is 0 Å². The lowest BCUT2D eigenvalue weighted by Crippen LogP contribution is -2.45. The van der Waals surface area contributed by atoms with Gasteiger partial charge in [0.1, 0.15) is 11.6 Å². The number of benzene rings is 1. The second-order valence-corrected chi connectivity index (χ2v) is 4.97. The summed E-state index contributed by atoms with van der Waals surface area (Å²) in [6.45, 7) is 1.97. The van der Waals surface area contributed by atoms with E-state index >= 15 is 0 Å². The zero-order chi connectivity index (χ0) is 15.0. The van der Waals surface area contributed by atoms with E-state index in [2.05, 4.69) is 15.6 Å². The monoisotopic (exact) mass is 286 g/mol. The van der Waals surface area contributed by atoms with E-state index in [9.17, 15) is 14.4 Å². The summed E-state index contributed by atoms with van der Waals surface area (Å²) >= 11 is 0. The molecule has 1 aliphatic heterocycles. The van der Waals surface area contributed by atoms with Crippen molar-refractivity contribution < 1.29 is 9.59 Å². The van der Waals surface area contributed by atoms with Crippen molar-refractivity contribution in [1.82, 2.24) is 20.3 Å². The van der Waals surface area contributed by atoms with Gasteiger partial charge in [0.05, 0.1) is 5.39 Å². The van der Waals surface area contributed by atoms with Gasteiger partial charge >= 0.3 is 0 Å². The molecule has 0 spiro atoms. The SMILES string of the molecule is CCc1cccc2c(=O)n(C3CCC(=O)NC3=O)nnc12. The maximum atomic E-state index is 12.5. The van der Waals surface area contributed by atoms with Crippen molar-refractivity contribution in [1.29, 1.82) is 0 Å². The van der Waals surface area contributed by atoms with E-state index in [1.807, 2.05) is 13.0 Å². The third-order valence-corrected chi connectivity index (χ3v) is 3.69. The minimum atomic E-state index is -0.780. The second kappa shape index (κ2) is 5.08. The van der Waals surface area contributed by atoms with Gasteiger partial charge in [0.2, 0.25) is 5.91 Å². The lowest BCUT2D eigenvalue weighted by atomic mass is 10.1. The molecule has 1 saturated heterocycles. The van der Waals surface area contributed by atoms with Crippen molar-refractivity contribution in [3.8, 4) is 0 Å². The number of carbonyl (C=O) groups excluding carboxylic acids is 2. The Morgan fingerprint density at radius 2 is 2.14 bits per heavy atom. The van der Waals surface area contributed by atoms with Crippen molar-refractivity contribution in [3.63, 3.8) is 0 Å². The van der Waals surface area contributed by atoms with Gasteiger partial charge in [-0.05, 0) is 24.5 Å². The molecule has 7 nitrogen and oxygen atoms in total. The minimum absolute atomic E-state index is 0.192. The number of hydrogen-bond acceptors (Lipinski definition) is 5. The molecule has 1 atom stereocenters. The molecule has 1 aliphatic rings. The highest BCUT2D eigenvalue weighted by Crippen LogP contribution is 2.17. The number of carbonyl (C=O) groups is 2. The van der Waals surface area contributed by atoms with Gasteiger partial charge in [0, 0.05) is 6.42 Å². The third-order valence-electron chi connectivity index (χ3n) is 3.69. The van der Waals surface area contributed by atoms with E-state index in [4.69, 9.17) is 0 Å². The van der Waals surface area contributed by atoms with E-state index < -0.39 is 11.9 Å². The van der Waals surface area contributed by atoms with Gasteiger partial charge in [-0.3, -0.25) is 19.7 Å². The van der Waals surface area contributed by atoms with Crippen LogP contribution in [0, 0.1) is 0 Å². The molecule has 0 radical (unpaired) electrons. The van der Waals surface area contributed by atoms with Crippen LogP contribution in [0.15, 0.2) is 23.0 Å². The Hall–Kier alpha value is -2.57. The van der Waals surface area contributed by atoms with E-state index in [1.54, 1.807) is 12.1 Å². The molecule has 1 aromatic carbocycles. The second-order valence-electron chi connectivity index (χ2n) is 4.97. The van der Waals surface area contributed by atoms with Gasteiger partial charge < -0.3 is 0 Å². The molecular formula is C14H14N4O3. The number of aromatic nitrogens is 3. The van der Waals surface area contributed by atoms with Crippen molar-refractivity contribution in [2.75, 3.05) is 0 Å². The minimum Gasteiger partial charge on any atom is -0.295 e. The number of fused-ring (bicyclic) bond motifs is 1. The molecule has 2 aromatic rings. The smallest absolute Gasteiger partial charge is 0.278 e. The zero-order valence-electron chi connectivity index (χ0n) is 11.5. The average molecular weight is 286 g/mol. The van der Waals surface area contributed by atoms with E-state index in [-0.39, 0.29) is 24.3 Å². The highest BCUT2D eigenvalue weighted by atomic mass is 16.2. The summed E-state index contributed by atoms with van der Waals surface area (Å²) in [6, 6.07) is 4.58. The highest BCUT2D eigenvalue weighted by molar-refractivity contribution is 5.99. The van der Waals surface area contributed by atoms with Gasteiger partial charge in [0.15, 0.2) is 0 Å². The summed E-state index contributed by atoms with van der Waals surface area (Å²) in [5.41, 5.74) is 1.14. The number of hydrogen-bond donors (Lipinski definition) is 1.